The monoisotopic (exact) mass is 420 g/mol. The number of ketones is 1. The fraction of sp³-hybridized carbons (Fsp3) is 0.360. The molecular weight excluding hydrogens is 388 g/mol. The number of benzene rings is 1. The van der Waals surface area contributed by atoms with Crippen molar-refractivity contribution in [2.45, 2.75) is 20.8 Å². The SMILES string of the molecule is Cc1cc(-n2c(C)cc(C(=O)C[NH+]3CC[NH+](C/C=C/c4ccccc4)CC3)c2C)no1. The van der Waals surface area contributed by atoms with Gasteiger partial charge in [-0.3, -0.25) is 9.36 Å². The van der Waals surface area contributed by atoms with E-state index in [0.29, 0.717) is 6.54 Å². The van der Waals surface area contributed by atoms with Gasteiger partial charge in [-0.05, 0) is 38.5 Å². The quantitative estimate of drug-likeness (QED) is 0.563. The largest absolute Gasteiger partial charge is 0.360 e. The number of Topliss-reactive ketones (excluding diaryl/α,β-unsaturated/α-hetero) is 1. The van der Waals surface area contributed by atoms with Crippen molar-refractivity contribution in [1.82, 2.24) is 9.72 Å². The third-order valence-electron chi connectivity index (χ3n) is 6.17. The Kier molecular flexibility index (Phi) is 6.49. The Bertz CT molecular complexity index is 1060. The maximum atomic E-state index is 13.1. The fourth-order valence-electron chi connectivity index (χ4n) is 4.44. The van der Waals surface area contributed by atoms with Crippen LogP contribution in [0.15, 0.2) is 53.1 Å². The maximum Gasteiger partial charge on any atom is 0.218 e. The highest BCUT2D eigenvalue weighted by atomic mass is 16.5. The number of quaternary nitrogens is 2. The molecule has 0 radical (unpaired) electrons. The van der Waals surface area contributed by atoms with Crippen LogP contribution in [-0.4, -0.2) is 54.8 Å². The summed E-state index contributed by atoms with van der Waals surface area (Å²) in [6.07, 6.45) is 4.46. The van der Waals surface area contributed by atoms with E-state index < -0.39 is 0 Å². The van der Waals surface area contributed by atoms with Crippen molar-refractivity contribution < 1.29 is 19.1 Å². The lowest BCUT2D eigenvalue weighted by molar-refractivity contribution is -1.01. The normalized spacial score (nSPS) is 19.2. The van der Waals surface area contributed by atoms with Crippen LogP contribution in [0.4, 0.5) is 0 Å². The summed E-state index contributed by atoms with van der Waals surface area (Å²) in [5.41, 5.74) is 3.98. The molecule has 1 aliphatic heterocycles. The maximum absolute atomic E-state index is 13.1. The third-order valence-corrected chi connectivity index (χ3v) is 6.17. The molecule has 6 heteroatoms. The molecule has 3 aromatic rings. The first-order valence-electron chi connectivity index (χ1n) is 11.1. The predicted octanol–water partition coefficient (Wildman–Crippen LogP) is 1.07. The highest BCUT2D eigenvalue weighted by Crippen LogP contribution is 2.20. The molecule has 0 unspecified atom stereocenters. The topological polar surface area (TPSA) is 56.9 Å². The molecule has 4 rings (SSSR count). The number of hydrogen-bond acceptors (Lipinski definition) is 3. The van der Waals surface area contributed by atoms with E-state index in [0.717, 1.165) is 61.3 Å². The van der Waals surface area contributed by atoms with E-state index in [1.165, 1.54) is 10.5 Å². The number of hydrogen-bond donors (Lipinski definition) is 2. The van der Waals surface area contributed by atoms with Crippen LogP contribution < -0.4 is 9.80 Å². The molecule has 0 aliphatic carbocycles. The minimum atomic E-state index is 0.210. The van der Waals surface area contributed by atoms with Crippen LogP contribution in [-0.2, 0) is 0 Å². The van der Waals surface area contributed by atoms with E-state index in [1.54, 1.807) is 4.90 Å². The molecular formula is C25H32N4O2+2. The molecule has 0 bridgehead atoms. The van der Waals surface area contributed by atoms with E-state index in [-0.39, 0.29) is 5.78 Å². The van der Waals surface area contributed by atoms with Gasteiger partial charge in [0.1, 0.15) is 38.5 Å². The van der Waals surface area contributed by atoms with Gasteiger partial charge in [0.25, 0.3) is 0 Å². The van der Waals surface area contributed by atoms with E-state index in [4.69, 9.17) is 4.52 Å². The Balaban J connectivity index is 1.31. The molecule has 1 aliphatic rings. The number of aromatic nitrogens is 2. The summed E-state index contributed by atoms with van der Waals surface area (Å²) in [5, 5.41) is 4.11. The zero-order valence-electron chi connectivity index (χ0n) is 18.6. The van der Waals surface area contributed by atoms with E-state index in [2.05, 4.69) is 41.6 Å². The minimum absolute atomic E-state index is 0.210. The van der Waals surface area contributed by atoms with Crippen LogP contribution in [0.25, 0.3) is 11.9 Å². The lowest BCUT2D eigenvalue weighted by Gasteiger charge is -2.28. The fourth-order valence-corrected chi connectivity index (χ4v) is 4.44. The van der Waals surface area contributed by atoms with Crippen LogP contribution in [0.5, 0.6) is 0 Å². The second-order valence-corrected chi connectivity index (χ2v) is 8.53. The zero-order valence-corrected chi connectivity index (χ0v) is 18.6. The second-order valence-electron chi connectivity index (χ2n) is 8.53. The second kappa shape index (κ2) is 9.45. The van der Waals surface area contributed by atoms with Gasteiger partial charge >= 0.3 is 0 Å². The van der Waals surface area contributed by atoms with Crippen molar-refractivity contribution in [1.29, 1.82) is 0 Å². The van der Waals surface area contributed by atoms with Crippen molar-refractivity contribution in [3.63, 3.8) is 0 Å². The lowest BCUT2D eigenvalue weighted by Crippen LogP contribution is -3.28. The molecule has 1 aromatic carbocycles. The summed E-state index contributed by atoms with van der Waals surface area (Å²) >= 11 is 0. The van der Waals surface area contributed by atoms with Gasteiger partial charge in [0.2, 0.25) is 5.78 Å². The molecule has 2 aromatic heterocycles. The first kappa shape index (κ1) is 21.3. The number of nitrogens with zero attached hydrogens (tertiary/aromatic N) is 2. The van der Waals surface area contributed by atoms with Gasteiger partial charge in [0.05, 0.1) is 6.54 Å². The average molecular weight is 421 g/mol. The Morgan fingerprint density at radius 2 is 1.77 bits per heavy atom. The highest BCUT2D eigenvalue weighted by molar-refractivity contribution is 5.98. The summed E-state index contributed by atoms with van der Waals surface area (Å²) in [4.78, 5) is 16.0. The number of rotatable bonds is 7. The summed E-state index contributed by atoms with van der Waals surface area (Å²) in [6.45, 7) is 11.7. The average Bonchev–Trinajstić information content (AvgIpc) is 3.32. The van der Waals surface area contributed by atoms with Crippen LogP contribution in [0.3, 0.4) is 0 Å². The number of nitrogens with one attached hydrogen (secondary N) is 2. The van der Waals surface area contributed by atoms with Gasteiger partial charge in [-0.2, -0.15) is 0 Å². The van der Waals surface area contributed by atoms with Crippen molar-refractivity contribution in [3.8, 4) is 5.82 Å². The third kappa shape index (κ3) is 5.03. The van der Waals surface area contributed by atoms with Gasteiger partial charge < -0.3 is 14.3 Å². The van der Waals surface area contributed by atoms with Gasteiger partial charge in [-0.1, -0.05) is 41.6 Å². The first-order valence-corrected chi connectivity index (χ1v) is 11.1. The molecule has 6 nitrogen and oxygen atoms in total. The minimum Gasteiger partial charge on any atom is -0.360 e. The molecule has 2 N–H and O–H groups in total. The van der Waals surface area contributed by atoms with Gasteiger partial charge in [-0.25, -0.2) is 0 Å². The Hall–Kier alpha value is -2.96. The van der Waals surface area contributed by atoms with Gasteiger partial charge in [-0.15, -0.1) is 0 Å². The van der Waals surface area contributed by atoms with Crippen molar-refractivity contribution in [2.24, 2.45) is 0 Å². The molecule has 3 heterocycles. The van der Waals surface area contributed by atoms with Crippen molar-refractivity contribution in [3.05, 3.63) is 76.8 Å². The molecule has 1 saturated heterocycles. The van der Waals surface area contributed by atoms with Crippen LogP contribution in [0.1, 0.15) is 33.1 Å². The molecule has 162 valence electrons. The molecule has 31 heavy (non-hydrogen) atoms. The number of carbonyl (C=O) groups is 1. The summed E-state index contributed by atoms with van der Waals surface area (Å²) < 4.78 is 7.22. The lowest BCUT2D eigenvalue weighted by atomic mass is 10.1. The highest BCUT2D eigenvalue weighted by Gasteiger charge is 2.26. The standard InChI is InChI=1S/C25H30N4O2/c1-19-16-23(21(3)29(19)25-17-20(2)31-26-25)24(30)18-28-14-12-27(13-15-28)11-7-10-22-8-5-4-6-9-22/h4-10,16-17H,11-15,18H2,1-3H3/p+2/b10-7+. The van der Waals surface area contributed by atoms with Gasteiger partial charge in [0.15, 0.2) is 5.82 Å². The Morgan fingerprint density at radius 3 is 2.45 bits per heavy atom. The number of piperazine rings is 1. The molecule has 0 atom stereocenters. The predicted molar refractivity (Wildman–Crippen MR) is 121 cm³/mol. The van der Waals surface area contributed by atoms with Crippen LogP contribution in [0.2, 0.25) is 0 Å². The summed E-state index contributed by atoms with van der Waals surface area (Å²) in [7, 11) is 0. The number of carbonyl (C=O) groups excluding carboxylic acids is 1. The van der Waals surface area contributed by atoms with E-state index in [1.807, 2.05) is 43.5 Å². The molecule has 0 saturated carbocycles. The van der Waals surface area contributed by atoms with Crippen molar-refractivity contribution >= 4 is 11.9 Å². The molecule has 0 spiro atoms. The Labute approximate surface area is 183 Å². The molecule has 0 amide bonds. The summed E-state index contributed by atoms with van der Waals surface area (Å²) in [5.74, 6) is 1.71. The van der Waals surface area contributed by atoms with E-state index in [9.17, 15) is 4.79 Å². The molecule has 1 fully saturated rings. The number of aryl methyl sites for hydroxylation is 2. The van der Waals surface area contributed by atoms with Crippen molar-refractivity contribution in [2.75, 3.05) is 39.3 Å². The van der Waals surface area contributed by atoms with Gasteiger partial charge in [0, 0.05) is 23.0 Å². The zero-order chi connectivity index (χ0) is 21.8. The smallest absolute Gasteiger partial charge is 0.218 e. The van der Waals surface area contributed by atoms with Crippen LogP contribution in [0, 0.1) is 20.8 Å². The first-order chi connectivity index (χ1) is 15.0. The Morgan fingerprint density at radius 1 is 1.06 bits per heavy atom. The summed E-state index contributed by atoms with van der Waals surface area (Å²) in [6, 6.07) is 14.3. The van der Waals surface area contributed by atoms with Crippen LogP contribution >= 0.6 is 0 Å². The van der Waals surface area contributed by atoms with E-state index >= 15 is 0 Å².